The summed E-state index contributed by atoms with van der Waals surface area (Å²) in [5.41, 5.74) is 10.8. The van der Waals surface area contributed by atoms with Crippen LogP contribution in [0, 0.1) is 0 Å². The van der Waals surface area contributed by atoms with Crippen LogP contribution in [0.15, 0.2) is 72.8 Å². The number of nitrogens with two attached hydrogens (primary N) is 1. The third kappa shape index (κ3) is 5.94. The fourth-order valence-electron chi connectivity index (χ4n) is 5.33. The van der Waals surface area contributed by atoms with E-state index in [1.807, 2.05) is 78.3 Å². The Morgan fingerprint density at radius 2 is 1.67 bits per heavy atom. The van der Waals surface area contributed by atoms with Gasteiger partial charge in [-0.05, 0) is 57.0 Å². The fraction of sp³-hybridized carbons (Fsp3) is 0.273. The standard InChI is InChI=1S/C33H33ClN4O4/c1-33(2,3)42-27(39)17-16-26(30(35)40)38-19-23-18-22(12-15-25(23)32(38)41)31-36-28(20-8-6-5-7-9-20)29(37(31)4)21-10-13-24(34)14-11-21/h5-15,18,26H,16-17,19H2,1-4H3,(H2,35,40). The maximum absolute atomic E-state index is 13.4. The predicted molar refractivity (Wildman–Crippen MR) is 162 cm³/mol. The lowest BCUT2D eigenvalue weighted by molar-refractivity contribution is -0.155. The van der Waals surface area contributed by atoms with Gasteiger partial charge in [-0.25, -0.2) is 4.98 Å². The number of imidazole rings is 1. The highest BCUT2D eigenvalue weighted by molar-refractivity contribution is 6.30. The Balaban J connectivity index is 1.47. The number of rotatable bonds is 8. The van der Waals surface area contributed by atoms with Crippen LogP contribution in [0.3, 0.4) is 0 Å². The number of carbonyl (C=O) groups is 3. The molecule has 0 fully saturated rings. The van der Waals surface area contributed by atoms with Crippen molar-refractivity contribution in [3.8, 4) is 33.9 Å². The Hall–Kier alpha value is -4.43. The molecule has 0 aliphatic carbocycles. The van der Waals surface area contributed by atoms with Gasteiger partial charge in [0.25, 0.3) is 5.91 Å². The molecule has 0 spiro atoms. The molecule has 4 aromatic rings. The molecule has 0 saturated carbocycles. The summed E-state index contributed by atoms with van der Waals surface area (Å²) in [6.45, 7) is 5.52. The van der Waals surface area contributed by atoms with Crippen LogP contribution in [0.5, 0.6) is 0 Å². The van der Waals surface area contributed by atoms with Gasteiger partial charge in [-0.3, -0.25) is 14.4 Å². The van der Waals surface area contributed by atoms with Crippen LogP contribution in [0.2, 0.25) is 5.02 Å². The first-order valence-corrected chi connectivity index (χ1v) is 14.1. The van der Waals surface area contributed by atoms with Gasteiger partial charge in [0.1, 0.15) is 17.5 Å². The van der Waals surface area contributed by atoms with Crippen molar-refractivity contribution in [3.63, 3.8) is 0 Å². The molecule has 2 N–H and O–H groups in total. The number of esters is 1. The van der Waals surface area contributed by atoms with Gasteiger partial charge < -0.3 is 19.9 Å². The second-order valence-electron chi connectivity index (χ2n) is 11.4. The highest BCUT2D eigenvalue weighted by atomic mass is 35.5. The minimum atomic E-state index is -0.935. The Kier molecular flexibility index (Phi) is 7.93. The van der Waals surface area contributed by atoms with Crippen molar-refractivity contribution in [1.82, 2.24) is 14.5 Å². The third-order valence-corrected chi connectivity index (χ3v) is 7.45. The van der Waals surface area contributed by atoms with Crippen LogP contribution < -0.4 is 5.73 Å². The lowest BCUT2D eigenvalue weighted by atomic mass is 10.0. The Bertz CT molecular complexity index is 1660. The van der Waals surface area contributed by atoms with E-state index < -0.39 is 23.5 Å². The summed E-state index contributed by atoms with van der Waals surface area (Å²) in [6, 6.07) is 22.2. The molecule has 42 heavy (non-hydrogen) atoms. The van der Waals surface area contributed by atoms with E-state index in [1.54, 1.807) is 26.8 Å². The number of halogens is 1. The molecular weight excluding hydrogens is 552 g/mol. The van der Waals surface area contributed by atoms with Crippen LogP contribution in [0.4, 0.5) is 0 Å². The van der Waals surface area contributed by atoms with E-state index in [0.717, 1.165) is 39.5 Å². The molecule has 2 amide bonds. The Morgan fingerprint density at radius 1 is 1.00 bits per heavy atom. The second-order valence-corrected chi connectivity index (χ2v) is 11.8. The number of hydrogen-bond acceptors (Lipinski definition) is 5. The number of hydrogen-bond donors (Lipinski definition) is 1. The average molecular weight is 585 g/mol. The summed E-state index contributed by atoms with van der Waals surface area (Å²) in [7, 11) is 1.96. The van der Waals surface area contributed by atoms with Gasteiger partial charge in [0.05, 0.1) is 11.4 Å². The molecule has 1 aliphatic heterocycles. The van der Waals surface area contributed by atoms with Gasteiger partial charge in [0.15, 0.2) is 0 Å². The zero-order valence-electron chi connectivity index (χ0n) is 24.1. The van der Waals surface area contributed by atoms with Crippen molar-refractivity contribution in [2.75, 3.05) is 0 Å². The number of amides is 2. The van der Waals surface area contributed by atoms with Crippen molar-refractivity contribution in [1.29, 1.82) is 0 Å². The normalized spacial score (nSPS) is 13.6. The topological polar surface area (TPSA) is 108 Å². The highest BCUT2D eigenvalue weighted by Crippen LogP contribution is 2.37. The molecule has 1 unspecified atom stereocenters. The highest BCUT2D eigenvalue weighted by Gasteiger charge is 2.36. The first-order chi connectivity index (χ1) is 19.9. The zero-order valence-corrected chi connectivity index (χ0v) is 24.8. The molecule has 0 radical (unpaired) electrons. The number of aromatic nitrogens is 2. The molecule has 5 rings (SSSR count). The molecule has 2 heterocycles. The number of ether oxygens (including phenoxy) is 1. The Labute approximate surface area is 250 Å². The van der Waals surface area contributed by atoms with Crippen LogP contribution in [0.1, 0.15) is 49.5 Å². The molecule has 9 heteroatoms. The Morgan fingerprint density at radius 3 is 2.31 bits per heavy atom. The smallest absolute Gasteiger partial charge is 0.306 e. The molecule has 1 aliphatic rings. The molecule has 1 atom stereocenters. The monoisotopic (exact) mass is 584 g/mol. The van der Waals surface area contributed by atoms with E-state index >= 15 is 0 Å². The van der Waals surface area contributed by atoms with Crippen LogP contribution in [-0.4, -0.2) is 43.9 Å². The number of fused-ring (bicyclic) bond motifs is 1. The number of primary amides is 1. The minimum Gasteiger partial charge on any atom is -0.460 e. The summed E-state index contributed by atoms with van der Waals surface area (Å²) in [6.07, 6.45) is 0.0559. The summed E-state index contributed by atoms with van der Waals surface area (Å²) >= 11 is 6.17. The van der Waals surface area contributed by atoms with E-state index in [-0.39, 0.29) is 25.3 Å². The van der Waals surface area contributed by atoms with Crippen molar-refractivity contribution < 1.29 is 19.1 Å². The van der Waals surface area contributed by atoms with Crippen LogP contribution in [-0.2, 0) is 27.9 Å². The average Bonchev–Trinajstić information content (AvgIpc) is 3.45. The predicted octanol–water partition coefficient (Wildman–Crippen LogP) is 6.01. The van der Waals surface area contributed by atoms with Gasteiger partial charge in [-0.15, -0.1) is 0 Å². The number of benzene rings is 3. The summed E-state index contributed by atoms with van der Waals surface area (Å²) in [4.78, 5) is 44.5. The number of carbonyl (C=O) groups excluding carboxylic acids is 3. The van der Waals surface area contributed by atoms with Crippen LogP contribution >= 0.6 is 11.6 Å². The van der Waals surface area contributed by atoms with Gasteiger partial charge in [-0.1, -0.05) is 60.1 Å². The molecule has 216 valence electrons. The second kappa shape index (κ2) is 11.4. The quantitative estimate of drug-likeness (QED) is 0.255. The zero-order chi connectivity index (χ0) is 30.2. The lowest BCUT2D eigenvalue weighted by Gasteiger charge is -2.25. The minimum absolute atomic E-state index is 0.0285. The van der Waals surface area contributed by atoms with Gasteiger partial charge in [-0.2, -0.15) is 0 Å². The molecule has 1 aromatic heterocycles. The molecule has 0 bridgehead atoms. The van der Waals surface area contributed by atoms with E-state index in [9.17, 15) is 14.4 Å². The first kappa shape index (κ1) is 29.1. The van der Waals surface area contributed by atoms with E-state index in [1.165, 1.54) is 4.90 Å². The first-order valence-electron chi connectivity index (χ1n) is 13.8. The lowest BCUT2D eigenvalue weighted by Crippen LogP contribution is -2.45. The van der Waals surface area contributed by atoms with Crippen molar-refractivity contribution in [2.24, 2.45) is 12.8 Å². The molecule has 3 aromatic carbocycles. The molecular formula is C33H33ClN4O4. The fourth-order valence-corrected chi connectivity index (χ4v) is 5.45. The van der Waals surface area contributed by atoms with Gasteiger partial charge in [0.2, 0.25) is 5.91 Å². The number of nitrogens with zero attached hydrogens (tertiary/aromatic N) is 3. The van der Waals surface area contributed by atoms with Crippen molar-refractivity contribution in [2.45, 2.75) is 51.8 Å². The van der Waals surface area contributed by atoms with E-state index in [2.05, 4.69) is 0 Å². The maximum atomic E-state index is 13.4. The maximum Gasteiger partial charge on any atom is 0.306 e. The molecule has 8 nitrogen and oxygen atoms in total. The summed E-state index contributed by atoms with van der Waals surface area (Å²) in [5, 5.41) is 0.649. The van der Waals surface area contributed by atoms with Crippen LogP contribution in [0.25, 0.3) is 33.9 Å². The van der Waals surface area contributed by atoms with E-state index in [0.29, 0.717) is 10.6 Å². The summed E-state index contributed by atoms with van der Waals surface area (Å²) < 4.78 is 7.40. The SMILES string of the molecule is Cn1c(-c2ccc3c(c2)CN(C(CCC(=O)OC(C)(C)C)C(N)=O)C3=O)nc(-c2ccccc2)c1-c1ccc(Cl)cc1. The third-order valence-electron chi connectivity index (χ3n) is 7.20. The van der Waals surface area contributed by atoms with Gasteiger partial charge >= 0.3 is 5.97 Å². The van der Waals surface area contributed by atoms with Crippen molar-refractivity contribution >= 4 is 29.4 Å². The summed E-state index contributed by atoms with van der Waals surface area (Å²) in [5.74, 6) is -0.676. The van der Waals surface area contributed by atoms with E-state index in [4.69, 9.17) is 27.1 Å². The van der Waals surface area contributed by atoms with Gasteiger partial charge in [0, 0.05) is 47.3 Å². The largest absolute Gasteiger partial charge is 0.460 e. The molecule has 0 saturated heterocycles. The van der Waals surface area contributed by atoms with Crippen molar-refractivity contribution in [3.05, 3.63) is 88.9 Å².